The van der Waals surface area contributed by atoms with Gasteiger partial charge in [0.15, 0.2) is 0 Å². The number of nitrogens with zero attached hydrogens (tertiary/aromatic N) is 2. The van der Waals surface area contributed by atoms with Crippen molar-refractivity contribution in [3.05, 3.63) is 200 Å². The van der Waals surface area contributed by atoms with Crippen molar-refractivity contribution >= 4 is 54.9 Å². The van der Waals surface area contributed by atoms with E-state index in [9.17, 15) is 0 Å². The molecule has 9 rings (SSSR count). The van der Waals surface area contributed by atoms with E-state index < -0.39 is 0 Å². The average Bonchev–Trinajstić information content (AvgIpc) is 3.70. The molecule has 2 aromatic heterocycles. The van der Waals surface area contributed by atoms with Crippen molar-refractivity contribution in [1.82, 2.24) is 9.13 Å². The number of hydrogen-bond donors (Lipinski definition) is 0. The van der Waals surface area contributed by atoms with Gasteiger partial charge in [0, 0.05) is 32.9 Å². The van der Waals surface area contributed by atoms with Crippen LogP contribution in [0.5, 0.6) is 0 Å². The molecule has 0 atom stereocenters. The summed E-state index contributed by atoms with van der Waals surface area (Å²) < 4.78 is 4.76. The minimum Gasteiger partial charge on any atom is -0.309 e. The third kappa shape index (κ3) is 5.29. The van der Waals surface area contributed by atoms with Crippen molar-refractivity contribution in [2.24, 2.45) is 0 Å². The van der Waals surface area contributed by atoms with Gasteiger partial charge in [0.05, 0.1) is 22.1 Å². The van der Waals surface area contributed by atoms with Crippen LogP contribution in [0.15, 0.2) is 195 Å². The summed E-state index contributed by atoms with van der Waals surface area (Å²) in [6.45, 7) is 6.50. The average molecular weight is 653 g/mol. The van der Waals surface area contributed by atoms with Gasteiger partial charge in [0.25, 0.3) is 0 Å². The van der Waals surface area contributed by atoms with Crippen LogP contribution in [0.25, 0.3) is 82.8 Å². The molecule has 242 valence electrons. The zero-order valence-corrected chi connectivity index (χ0v) is 28.5. The highest BCUT2D eigenvalue weighted by atomic mass is 15.0. The van der Waals surface area contributed by atoms with E-state index in [-0.39, 0.29) is 0 Å². The highest BCUT2D eigenvalue weighted by Crippen LogP contribution is 2.39. The second-order valence-corrected chi connectivity index (χ2v) is 13.0. The summed E-state index contributed by atoms with van der Waals surface area (Å²) in [6, 6.07) is 61.1. The Morgan fingerprint density at radius 3 is 1.73 bits per heavy atom. The van der Waals surface area contributed by atoms with E-state index in [2.05, 4.69) is 205 Å². The van der Waals surface area contributed by atoms with Crippen molar-refractivity contribution in [3.8, 4) is 27.9 Å². The molecule has 0 fully saturated rings. The molecule has 2 heterocycles. The van der Waals surface area contributed by atoms with Gasteiger partial charge in [-0.3, -0.25) is 0 Å². The molecule has 2 nitrogen and oxygen atoms in total. The summed E-state index contributed by atoms with van der Waals surface area (Å²) in [5.41, 5.74) is 13.9. The van der Waals surface area contributed by atoms with Crippen LogP contribution in [0, 0.1) is 0 Å². The van der Waals surface area contributed by atoms with Crippen LogP contribution >= 0.6 is 0 Å². The smallest absolute Gasteiger partial charge is 0.0541 e. The van der Waals surface area contributed by atoms with Gasteiger partial charge in [-0.05, 0) is 101 Å². The normalized spacial score (nSPS) is 12.1. The molecule has 7 aromatic carbocycles. The lowest BCUT2D eigenvalue weighted by atomic mass is 10.0. The first-order valence-electron chi connectivity index (χ1n) is 17.5. The Morgan fingerprint density at radius 1 is 0.471 bits per heavy atom. The van der Waals surface area contributed by atoms with E-state index in [1.54, 1.807) is 0 Å². The number of hydrogen-bond acceptors (Lipinski definition) is 0. The highest BCUT2D eigenvalue weighted by molar-refractivity contribution is 6.13. The summed E-state index contributed by atoms with van der Waals surface area (Å²) in [5.74, 6) is 0. The second-order valence-electron chi connectivity index (χ2n) is 13.0. The van der Waals surface area contributed by atoms with Gasteiger partial charge in [-0.15, -0.1) is 0 Å². The van der Waals surface area contributed by atoms with Crippen molar-refractivity contribution in [3.63, 3.8) is 0 Å². The van der Waals surface area contributed by atoms with Gasteiger partial charge in [0.1, 0.15) is 0 Å². The molecule has 0 aliphatic carbocycles. The quantitative estimate of drug-likeness (QED) is 0.152. The molecule has 0 radical (unpaired) electrons. The fourth-order valence-corrected chi connectivity index (χ4v) is 7.59. The Hall–Kier alpha value is -6.64. The molecule has 0 amide bonds. The lowest BCUT2D eigenvalue weighted by molar-refractivity contribution is 1.18. The third-order valence-electron chi connectivity index (χ3n) is 9.95. The summed E-state index contributed by atoms with van der Waals surface area (Å²) in [7, 11) is 0. The molecule has 0 bridgehead atoms. The van der Waals surface area contributed by atoms with Gasteiger partial charge in [-0.2, -0.15) is 0 Å². The van der Waals surface area contributed by atoms with Gasteiger partial charge in [-0.25, -0.2) is 0 Å². The Kier molecular flexibility index (Phi) is 7.56. The molecule has 0 aliphatic rings. The maximum absolute atomic E-state index is 4.43. The maximum atomic E-state index is 4.43. The summed E-state index contributed by atoms with van der Waals surface area (Å²) in [6.07, 6.45) is 6.46. The summed E-state index contributed by atoms with van der Waals surface area (Å²) >= 11 is 0. The largest absolute Gasteiger partial charge is 0.309 e. The van der Waals surface area contributed by atoms with Crippen LogP contribution in [0.2, 0.25) is 0 Å². The van der Waals surface area contributed by atoms with Gasteiger partial charge in [0.2, 0.25) is 0 Å². The van der Waals surface area contributed by atoms with Crippen LogP contribution in [-0.4, -0.2) is 9.13 Å². The van der Waals surface area contributed by atoms with Gasteiger partial charge < -0.3 is 9.13 Å². The Labute approximate surface area is 298 Å². The molecule has 0 aliphatic heterocycles. The third-order valence-corrected chi connectivity index (χ3v) is 9.95. The lowest BCUT2D eigenvalue weighted by Crippen LogP contribution is -1.95. The molecule has 2 heteroatoms. The van der Waals surface area contributed by atoms with Gasteiger partial charge in [-0.1, -0.05) is 134 Å². The number of para-hydroxylation sites is 2. The van der Waals surface area contributed by atoms with Crippen molar-refractivity contribution in [2.45, 2.75) is 6.92 Å². The fraction of sp³-hybridized carbons (Fsp3) is 0.0204. The number of allylic oxidation sites excluding steroid dienone is 5. The summed E-state index contributed by atoms with van der Waals surface area (Å²) in [5, 5.41) is 4.94. The van der Waals surface area contributed by atoms with Gasteiger partial charge >= 0.3 is 0 Å². The zero-order valence-electron chi connectivity index (χ0n) is 28.5. The predicted molar refractivity (Wildman–Crippen MR) is 219 cm³/mol. The zero-order chi connectivity index (χ0) is 34.3. The Bertz CT molecular complexity index is 2810. The predicted octanol–water partition coefficient (Wildman–Crippen LogP) is 13.4. The first-order chi connectivity index (χ1) is 25.2. The Balaban J connectivity index is 1.19. The van der Waals surface area contributed by atoms with Crippen LogP contribution in [-0.2, 0) is 0 Å². The number of aromatic nitrogens is 2. The van der Waals surface area contributed by atoms with Crippen LogP contribution in [0.3, 0.4) is 0 Å². The molecule has 0 saturated heterocycles. The molecule has 0 saturated carbocycles. The number of benzene rings is 7. The SMILES string of the molecule is C=C(/C=C(\C=C/C)n1c2ccccc2c2cc(-c3ccc4c(c3)c3ccccc3n4-c3cccc(-c4ccccc4)c3)ccc21)c1ccccc1. The standard InChI is InChI=1S/C49H36N2/c1-3-15-40(30-34(2)35-16-6-4-7-17-35)50-46-24-12-10-22-42(46)44-32-38(26-28-48(44)50)39-27-29-49-45(33-39)43-23-11-13-25-47(43)51(49)41-21-14-20-37(31-41)36-18-8-5-9-19-36/h3-33H,2H2,1H3/b15-3-,40-30+. The van der Waals surface area contributed by atoms with Crippen molar-refractivity contribution < 1.29 is 0 Å². The summed E-state index contributed by atoms with van der Waals surface area (Å²) in [4.78, 5) is 0. The van der Waals surface area contributed by atoms with Crippen molar-refractivity contribution in [1.29, 1.82) is 0 Å². The topological polar surface area (TPSA) is 9.86 Å². The van der Waals surface area contributed by atoms with E-state index in [0.29, 0.717) is 0 Å². The minimum atomic E-state index is 0.977. The van der Waals surface area contributed by atoms with E-state index in [1.165, 1.54) is 65.9 Å². The molecular weight excluding hydrogens is 617 g/mol. The monoisotopic (exact) mass is 652 g/mol. The minimum absolute atomic E-state index is 0.977. The van der Waals surface area contributed by atoms with Crippen LogP contribution < -0.4 is 0 Å². The first kappa shape index (κ1) is 30.4. The van der Waals surface area contributed by atoms with E-state index in [1.807, 2.05) is 6.07 Å². The number of fused-ring (bicyclic) bond motifs is 6. The van der Waals surface area contributed by atoms with E-state index in [0.717, 1.165) is 22.5 Å². The second kappa shape index (κ2) is 12.7. The highest BCUT2D eigenvalue weighted by Gasteiger charge is 2.17. The molecule has 0 spiro atoms. The van der Waals surface area contributed by atoms with E-state index in [4.69, 9.17) is 0 Å². The number of rotatable bonds is 7. The van der Waals surface area contributed by atoms with Crippen LogP contribution in [0.1, 0.15) is 12.5 Å². The fourth-order valence-electron chi connectivity index (χ4n) is 7.59. The van der Waals surface area contributed by atoms with Crippen molar-refractivity contribution in [2.75, 3.05) is 0 Å². The Morgan fingerprint density at radius 2 is 1.00 bits per heavy atom. The maximum Gasteiger partial charge on any atom is 0.0541 e. The lowest BCUT2D eigenvalue weighted by Gasteiger charge is -2.12. The molecule has 0 N–H and O–H groups in total. The molecule has 0 unspecified atom stereocenters. The van der Waals surface area contributed by atoms with E-state index >= 15 is 0 Å². The van der Waals surface area contributed by atoms with Crippen LogP contribution in [0.4, 0.5) is 0 Å². The molecular formula is C49H36N2. The first-order valence-corrected chi connectivity index (χ1v) is 17.5. The molecule has 9 aromatic rings. The molecule has 51 heavy (non-hydrogen) atoms.